The van der Waals surface area contributed by atoms with Gasteiger partial charge >= 0.3 is 0 Å². The summed E-state index contributed by atoms with van der Waals surface area (Å²) in [6, 6.07) is 11.4. The number of nitrogens with zero attached hydrogens (tertiary/aromatic N) is 2. The minimum absolute atomic E-state index is 0.0145. The SMILES string of the molecule is O=C(Cn1cccc1)NCc1ccc(Oc2nccs2)cc1. The molecule has 3 rings (SSSR count). The molecule has 0 spiro atoms. The highest BCUT2D eigenvalue weighted by molar-refractivity contribution is 7.11. The van der Waals surface area contributed by atoms with Crippen molar-refractivity contribution in [2.75, 3.05) is 0 Å². The molecule has 22 heavy (non-hydrogen) atoms. The molecular formula is C16H15N3O2S. The highest BCUT2D eigenvalue weighted by Crippen LogP contribution is 2.23. The number of thiazole rings is 1. The first-order valence-corrected chi connectivity index (χ1v) is 7.71. The zero-order valence-electron chi connectivity index (χ0n) is 11.8. The molecule has 0 fully saturated rings. The number of carbonyl (C=O) groups excluding carboxylic acids is 1. The minimum Gasteiger partial charge on any atom is -0.431 e. The van der Waals surface area contributed by atoms with Gasteiger partial charge in [-0.1, -0.05) is 23.5 Å². The molecule has 0 aliphatic heterocycles. The number of ether oxygens (including phenoxy) is 1. The van der Waals surface area contributed by atoms with Gasteiger partial charge in [0.2, 0.25) is 5.91 Å². The second-order valence-corrected chi connectivity index (χ2v) is 5.53. The van der Waals surface area contributed by atoms with Gasteiger partial charge < -0.3 is 14.6 Å². The molecule has 1 aromatic carbocycles. The summed E-state index contributed by atoms with van der Waals surface area (Å²) in [6.45, 7) is 0.829. The summed E-state index contributed by atoms with van der Waals surface area (Å²) in [7, 11) is 0. The van der Waals surface area contributed by atoms with Crippen LogP contribution in [0.1, 0.15) is 5.56 Å². The number of aromatic nitrogens is 2. The minimum atomic E-state index is -0.0145. The summed E-state index contributed by atoms with van der Waals surface area (Å²) >= 11 is 1.45. The van der Waals surface area contributed by atoms with E-state index in [2.05, 4.69) is 10.3 Å². The highest BCUT2D eigenvalue weighted by atomic mass is 32.1. The van der Waals surface area contributed by atoms with Crippen molar-refractivity contribution in [2.24, 2.45) is 0 Å². The molecule has 0 aliphatic rings. The van der Waals surface area contributed by atoms with Gasteiger partial charge in [0.25, 0.3) is 5.19 Å². The Morgan fingerprint density at radius 2 is 2.00 bits per heavy atom. The molecule has 1 N–H and O–H groups in total. The highest BCUT2D eigenvalue weighted by Gasteiger charge is 2.03. The molecule has 0 saturated heterocycles. The van der Waals surface area contributed by atoms with Crippen LogP contribution in [0.4, 0.5) is 0 Å². The van der Waals surface area contributed by atoms with E-state index >= 15 is 0 Å². The lowest BCUT2D eigenvalue weighted by Gasteiger charge is -2.07. The van der Waals surface area contributed by atoms with Crippen LogP contribution in [0.25, 0.3) is 0 Å². The third-order valence-corrected chi connectivity index (χ3v) is 3.67. The van der Waals surface area contributed by atoms with Gasteiger partial charge in [0.05, 0.1) is 0 Å². The van der Waals surface area contributed by atoms with E-state index in [1.54, 1.807) is 6.20 Å². The molecule has 6 heteroatoms. The van der Waals surface area contributed by atoms with Gasteiger partial charge in [-0.05, 0) is 29.8 Å². The number of hydrogen-bond donors (Lipinski definition) is 1. The number of amides is 1. The molecule has 0 unspecified atom stereocenters. The molecule has 2 aromatic heterocycles. The second kappa shape index (κ2) is 6.91. The Balaban J connectivity index is 1.49. The largest absolute Gasteiger partial charge is 0.431 e. The van der Waals surface area contributed by atoms with Crippen molar-refractivity contribution < 1.29 is 9.53 Å². The van der Waals surface area contributed by atoms with E-state index in [1.165, 1.54) is 11.3 Å². The third kappa shape index (κ3) is 3.95. The maximum Gasteiger partial charge on any atom is 0.278 e. The van der Waals surface area contributed by atoms with E-state index in [4.69, 9.17) is 4.74 Å². The van der Waals surface area contributed by atoms with Crippen LogP contribution in [0.2, 0.25) is 0 Å². The predicted octanol–water partition coefficient (Wildman–Crippen LogP) is 3.05. The molecule has 1 amide bonds. The second-order valence-electron chi connectivity index (χ2n) is 4.68. The Labute approximate surface area is 132 Å². The van der Waals surface area contributed by atoms with Crippen molar-refractivity contribution in [3.8, 4) is 10.9 Å². The first-order valence-electron chi connectivity index (χ1n) is 6.83. The van der Waals surface area contributed by atoms with Crippen LogP contribution in [0.5, 0.6) is 10.9 Å². The van der Waals surface area contributed by atoms with Crippen molar-refractivity contribution in [1.29, 1.82) is 0 Å². The maximum absolute atomic E-state index is 11.8. The monoisotopic (exact) mass is 313 g/mol. The van der Waals surface area contributed by atoms with Crippen LogP contribution < -0.4 is 10.1 Å². The zero-order valence-corrected chi connectivity index (χ0v) is 12.6. The normalized spacial score (nSPS) is 10.4. The van der Waals surface area contributed by atoms with Crippen LogP contribution >= 0.6 is 11.3 Å². The average Bonchev–Trinajstić information content (AvgIpc) is 3.20. The van der Waals surface area contributed by atoms with Gasteiger partial charge in [0.1, 0.15) is 12.3 Å². The van der Waals surface area contributed by atoms with Gasteiger partial charge in [-0.2, -0.15) is 0 Å². The Bertz CT molecular complexity index is 706. The molecule has 5 nitrogen and oxygen atoms in total. The van der Waals surface area contributed by atoms with E-state index in [9.17, 15) is 4.79 Å². The van der Waals surface area contributed by atoms with Crippen molar-refractivity contribution in [3.05, 3.63) is 65.9 Å². The fourth-order valence-electron chi connectivity index (χ4n) is 1.93. The van der Waals surface area contributed by atoms with Crippen LogP contribution in [-0.4, -0.2) is 15.5 Å². The number of benzene rings is 1. The first-order chi connectivity index (χ1) is 10.8. The summed E-state index contributed by atoms with van der Waals surface area (Å²) < 4.78 is 7.42. The van der Waals surface area contributed by atoms with Gasteiger partial charge in [-0.15, -0.1) is 0 Å². The summed E-state index contributed by atoms with van der Waals surface area (Å²) in [4.78, 5) is 15.9. The molecule has 0 radical (unpaired) electrons. The fourth-order valence-corrected chi connectivity index (χ4v) is 2.44. The fraction of sp³-hybridized carbons (Fsp3) is 0.125. The van der Waals surface area contributed by atoms with E-state index in [0.717, 1.165) is 11.3 Å². The van der Waals surface area contributed by atoms with Gasteiger partial charge in [0, 0.05) is 30.5 Å². The third-order valence-electron chi connectivity index (χ3n) is 3.02. The zero-order chi connectivity index (χ0) is 15.2. The van der Waals surface area contributed by atoms with Gasteiger partial charge in [-0.3, -0.25) is 4.79 Å². The van der Waals surface area contributed by atoms with Crippen molar-refractivity contribution in [2.45, 2.75) is 13.1 Å². The quantitative estimate of drug-likeness (QED) is 0.761. The molecule has 0 aliphatic carbocycles. The molecule has 2 heterocycles. The van der Waals surface area contributed by atoms with E-state index in [0.29, 0.717) is 18.3 Å². The number of carbonyl (C=O) groups is 1. The maximum atomic E-state index is 11.8. The Morgan fingerprint density at radius 1 is 1.23 bits per heavy atom. The Morgan fingerprint density at radius 3 is 2.68 bits per heavy atom. The van der Waals surface area contributed by atoms with Crippen LogP contribution in [0, 0.1) is 0 Å². The number of rotatable bonds is 6. The average molecular weight is 313 g/mol. The lowest BCUT2D eigenvalue weighted by Crippen LogP contribution is -2.26. The number of nitrogens with one attached hydrogen (secondary N) is 1. The van der Waals surface area contributed by atoms with Crippen LogP contribution in [0.3, 0.4) is 0 Å². The standard InChI is InChI=1S/C16H15N3O2S/c20-15(12-19-8-1-2-9-19)18-11-13-3-5-14(6-4-13)21-16-17-7-10-22-16/h1-10H,11-12H2,(H,18,20). The topological polar surface area (TPSA) is 56.2 Å². The van der Waals surface area contributed by atoms with E-state index < -0.39 is 0 Å². The molecule has 0 saturated carbocycles. The first kappa shape index (κ1) is 14.3. The van der Waals surface area contributed by atoms with Gasteiger partial charge in [0.15, 0.2) is 0 Å². The summed E-state index contributed by atoms with van der Waals surface area (Å²) in [5.41, 5.74) is 1.02. The predicted molar refractivity (Wildman–Crippen MR) is 84.9 cm³/mol. The molecule has 0 bridgehead atoms. The van der Waals surface area contributed by atoms with Gasteiger partial charge in [-0.25, -0.2) is 4.98 Å². The lowest BCUT2D eigenvalue weighted by atomic mass is 10.2. The molecule has 3 aromatic rings. The summed E-state index contributed by atoms with van der Waals surface area (Å²) in [5.74, 6) is 0.719. The number of hydrogen-bond acceptors (Lipinski definition) is 4. The summed E-state index contributed by atoms with van der Waals surface area (Å²) in [5, 5.41) is 5.37. The smallest absolute Gasteiger partial charge is 0.278 e. The van der Waals surface area contributed by atoms with E-state index in [-0.39, 0.29) is 5.91 Å². The van der Waals surface area contributed by atoms with Crippen LogP contribution in [0.15, 0.2) is 60.4 Å². The lowest BCUT2D eigenvalue weighted by molar-refractivity contribution is -0.121. The Hall–Kier alpha value is -2.60. The van der Waals surface area contributed by atoms with Crippen molar-refractivity contribution in [1.82, 2.24) is 14.9 Å². The van der Waals surface area contributed by atoms with Crippen molar-refractivity contribution >= 4 is 17.2 Å². The van der Waals surface area contributed by atoms with E-state index in [1.807, 2.05) is 58.7 Å². The molecular weight excluding hydrogens is 298 g/mol. The summed E-state index contributed by atoms with van der Waals surface area (Å²) in [6.07, 6.45) is 5.43. The van der Waals surface area contributed by atoms with Crippen LogP contribution in [-0.2, 0) is 17.9 Å². The Kier molecular flexibility index (Phi) is 4.50. The molecule has 112 valence electrons. The van der Waals surface area contributed by atoms with Crippen molar-refractivity contribution in [3.63, 3.8) is 0 Å². The molecule has 0 atom stereocenters.